The molecule has 0 fully saturated rings. The Balaban J connectivity index is 1.62. The minimum absolute atomic E-state index is 0.202. The van der Waals surface area contributed by atoms with Crippen molar-refractivity contribution in [1.29, 1.82) is 0 Å². The predicted molar refractivity (Wildman–Crippen MR) is 144 cm³/mol. The van der Waals surface area contributed by atoms with E-state index in [1.807, 2.05) is 31.2 Å². The number of nitrogens with one attached hydrogen (secondary N) is 2. The van der Waals surface area contributed by atoms with Crippen molar-refractivity contribution in [3.8, 4) is 11.5 Å². The summed E-state index contributed by atoms with van der Waals surface area (Å²) >= 11 is 3.42. The molecule has 0 heterocycles. The number of hydrazone groups is 1. The van der Waals surface area contributed by atoms with Gasteiger partial charge in [-0.05, 0) is 78.6 Å². The molecule has 0 aliphatic heterocycles. The van der Waals surface area contributed by atoms with Crippen LogP contribution in [0, 0.1) is 11.7 Å². The first-order valence-electron chi connectivity index (χ1n) is 11.8. The zero-order valence-corrected chi connectivity index (χ0v) is 22.4. The molecule has 194 valence electrons. The maximum atomic E-state index is 13.1. The number of carbonyl (C=O) groups excluding carboxylic acids is 2. The Kier molecular flexibility index (Phi) is 10.2. The summed E-state index contributed by atoms with van der Waals surface area (Å²) < 4.78 is 25.8. The summed E-state index contributed by atoms with van der Waals surface area (Å²) in [6, 6.07) is 17.5. The van der Waals surface area contributed by atoms with Gasteiger partial charge in [0, 0.05) is 10.0 Å². The zero-order valence-electron chi connectivity index (χ0n) is 20.8. The second-order valence-electron chi connectivity index (χ2n) is 8.49. The van der Waals surface area contributed by atoms with E-state index in [2.05, 4.69) is 31.8 Å². The molecule has 1 atom stereocenters. The molecule has 0 spiro atoms. The Labute approximate surface area is 224 Å². The van der Waals surface area contributed by atoms with Gasteiger partial charge in [-0.1, -0.05) is 41.9 Å². The van der Waals surface area contributed by atoms with Crippen LogP contribution in [0.3, 0.4) is 0 Å². The summed E-state index contributed by atoms with van der Waals surface area (Å²) in [6.07, 6.45) is 1.48. The molecule has 37 heavy (non-hydrogen) atoms. The maximum absolute atomic E-state index is 13.1. The van der Waals surface area contributed by atoms with Crippen LogP contribution in [0.2, 0.25) is 0 Å². The van der Waals surface area contributed by atoms with E-state index in [1.54, 1.807) is 32.0 Å². The van der Waals surface area contributed by atoms with Crippen molar-refractivity contribution >= 4 is 34.0 Å². The van der Waals surface area contributed by atoms with E-state index in [9.17, 15) is 14.0 Å². The summed E-state index contributed by atoms with van der Waals surface area (Å²) in [5, 5.41) is 6.72. The van der Waals surface area contributed by atoms with Gasteiger partial charge < -0.3 is 14.8 Å². The number of nitrogens with zero attached hydrogens (tertiary/aromatic N) is 1. The lowest BCUT2D eigenvalue weighted by Crippen LogP contribution is -2.48. The first kappa shape index (κ1) is 27.9. The third kappa shape index (κ3) is 8.42. The van der Waals surface area contributed by atoms with Gasteiger partial charge in [-0.25, -0.2) is 9.82 Å². The van der Waals surface area contributed by atoms with Crippen molar-refractivity contribution in [3.63, 3.8) is 0 Å². The lowest BCUT2D eigenvalue weighted by atomic mass is 10.0. The molecule has 3 rings (SSSR count). The normalized spacial score (nSPS) is 11.8. The van der Waals surface area contributed by atoms with E-state index in [0.29, 0.717) is 30.3 Å². The zero-order chi connectivity index (χ0) is 26.8. The van der Waals surface area contributed by atoms with Crippen LogP contribution in [0.25, 0.3) is 0 Å². The van der Waals surface area contributed by atoms with Crippen LogP contribution in [0.5, 0.6) is 11.5 Å². The molecule has 0 aliphatic carbocycles. The summed E-state index contributed by atoms with van der Waals surface area (Å²) in [4.78, 5) is 25.2. The maximum Gasteiger partial charge on any atom is 0.262 e. The van der Waals surface area contributed by atoms with Crippen molar-refractivity contribution in [2.75, 3.05) is 6.61 Å². The molecule has 2 amide bonds. The molecule has 0 aromatic heterocycles. The number of rotatable bonds is 11. The highest BCUT2D eigenvalue weighted by Gasteiger charge is 2.24. The van der Waals surface area contributed by atoms with Crippen molar-refractivity contribution < 1.29 is 23.5 Å². The molecule has 0 saturated heterocycles. The van der Waals surface area contributed by atoms with Gasteiger partial charge in [-0.3, -0.25) is 9.59 Å². The molecule has 9 heteroatoms. The number of ether oxygens (including phenoxy) is 2. The first-order valence-corrected chi connectivity index (χ1v) is 12.6. The van der Waals surface area contributed by atoms with E-state index in [1.165, 1.54) is 30.5 Å². The Morgan fingerprint density at radius 1 is 1.00 bits per heavy atom. The molecular weight excluding hydrogens is 541 g/mol. The molecule has 0 radical (unpaired) electrons. The van der Waals surface area contributed by atoms with Crippen LogP contribution in [0.15, 0.2) is 76.3 Å². The number of hydrogen-bond acceptors (Lipinski definition) is 5. The average molecular weight is 570 g/mol. The quantitative estimate of drug-likeness (QED) is 0.237. The number of carbonyl (C=O) groups is 2. The molecule has 3 aromatic carbocycles. The van der Waals surface area contributed by atoms with E-state index in [4.69, 9.17) is 9.47 Å². The highest BCUT2D eigenvalue weighted by Crippen LogP contribution is 2.29. The van der Waals surface area contributed by atoms with Crippen molar-refractivity contribution in [2.45, 2.75) is 33.4 Å². The number of halogens is 2. The Morgan fingerprint density at radius 3 is 2.35 bits per heavy atom. The Bertz CT molecular complexity index is 1230. The van der Waals surface area contributed by atoms with Gasteiger partial charge >= 0.3 is 0 Å². The molecule has 7 nitrogen and oxygen atoms in total. The van der Waals surface area contributed by atoms with E-state index < -0.39 is 23.7 Å². The van der Waals surface area contributed by atoms with Crippen LogP contribution in [-0.2, 0) is 11.4 Å². The minimum Gasteiger partial charge on any atom is -0.490 e. The fourth-order valence-corrected chi connectivity index (χ4v) is 3.60. The van der Waals surface area contributed by atoms with E-state index in [-0.39, 0.29) is 11.5 Å². The van der Waals surface area contributed by atoms with Crippen molar-refractivity contribution in [3.05, 3.63) is 93.7 Å². The summed E-state index contributed by atoms with van der Waals surface area (Å²) in [5.74, 6) is -0.443. The standard InChI is InChI=1S/C28H29BrFN3O4/c1-4-36-25-15-20(7-14-24(25)37-17-19-5-10-22(29)11-6-19)16-31-33-28(35)26(18(2)3)32-27(34)21-8-12-23(30)13-9-21/h5-16,18,26H,4,17H2,1-3H3,(H,32,34)(H,33,35)/b31-16+. The molecule has 0 bridgehead atoms. The molecule has 0 saturated carbocycles. The van der Waals surface area contributed by atoms with Gasteiger partial charge in [0.2, 0.25) is 0 Å². The molecule has 1 unspecified atom stereocenters. The van der Waals surface area contributed by atoms with E-state index in [0.717, 1.165) is 10.0 Å². The van der Waals surface area contributed by atoms with Gasteiger partial charge in [0.25, 0.3) is 11.8 Å². The number of hydrogen-bond donors (Lipinski definition) is 2. The second-order valence-corrected chi connectivity index (χ2v) is 9.41. The topological polar surface area (TPSA) is 89.0 Å². The summed E-state index contributed by atoms with van der Waals surface area (Å²) in [6.45, 7) is 6.33. The SMILES string of the molecule is CCOc1cc(/C=N/NC(=O)C(NC(=O)c2ccc(F)cc2)C(C)C)ccc1OCc1ccc(Br)cc1. The third-order valence-electron chi connectivity index (χ3n) is 5.31. The lowest BCUT2D eigenvalue weighted by Gasteiger charge is -2.20. The van der Waals surface area contributed by atoms with Gasteiger partial charge in [0.05, 0.1) is 12.8 Å². The minimum atomic E-state index is -0.830. The third-order valence-corrected chi connectivity index (χ3v) is 5.83. The monoisotopic (exact) mass is 569 g/mol. The average Bonchev–Trinajstić information content (AvgIpc) is 2.88. The largest absolute Gasteiger partial charge is 0.490 e. The Morgan fingerprint density at radius 2 is 1.70 bits per heavy atom. The Hall–Kier alpha value is -3.72. The summed E-state index contributed by atoms with van der Waals surface area (Å²) in [5.41, 5.74) is 4.44. The van der Waals surface area contributed by atoms with Gasteiger partial charge in [-0.2, -0.15) is 5.10 Å². The molecule has 3 aromatic rings. The first-order chi connectivity index (χ1) is 17.8. The van der Waals surface area contributed by atoms with Crippen LogP contribution in [0.1, 0.15) is 42.3 Å². The predicted octanol–water partition coefficient (Wildman–Crippen LogP) is 5.47. The van der Waals surface area contributed by atoms with Crippen LogP contribution in [-0.4, -0.2) is 30.7 Å². The van der Waals surface area contributed by atoms with Gasteiger partial charge in [0.15, 0.2) is 11.5 Å². The number of benzene rings is 3. The van der Waals surface area contributed by atoms with Crippen molar-refractivity contribution in [2.24, 2.45) is 11.0 Å². The highest BCUT2D eigenvalue weighted by molar-refractivity contribution is 9.10. The molecule has 2 N–H and O–H groups in total. The van der Waals surface area contributed by atoms with Gasteiger partial charge in [-0.15, -0.1) is 0 Å². The number of amides is 2. The van der Waals surface area contributed by atoms with Gasteiger partial charge in [0.1, 0.15) is 18.5 Å². The van der Waals surface area contributed by atoms with Crippen molar-refractivity contribution in [1.82, 2.24) is 10.7 Å². The lowest BCUT2D eigenvalue weighted by molar-refractivity contribution is -0.123. The smallest absolute Gasteiger partial charge is 0.262 e. The van der Waals surface area contributed by atoms with Crippen LogP contribution >= 0.6 is 15.9 Å². The molecule has 0 aliphatic rings. The van der Waals surface area contributed by atoms with Crippen LogP contribution in [0.4, 0.5) is 4.39 Å². The fraction of sp³-hybridized carbons (Fsp3) is 0.250. The highest BCUT2D eigenvalue weighted by atomic mass is 79.9. The van der Waals surface area contributed by atoms with Crippen LogP contribution < -0.4 is 20.2 Å². The molecular formula is C28H29BrFN3O4. The van der Waals surface area contributed by atoms with E-state index >= 15 is 0 Å². The fourth-order valence-electron chi connectivity index (χ4n) is 3.33. The summed E-state index contributed by atoms with van der Waals surface area (Å²) in [7, 11) is 0. The second kappa shape index (κ2) is 13.5.